The van der Waals surface area contributed by atoms with E-state index in [2.05, 4.69) is 47.5 Å². The summed E-state index contributed by atoms with van der Waals surface area (Å²) < 4.78 is 38.8. The van der Waals surface area contributed by atoms with Crippen molar-refractivity contribution in [1.29, 1.82) is 5.41 Å². The van der Waals surface area contributed by atoms with Gasteiger partial charge in [-0.15, -0.1) is 0 Å². The van der Waals surface area contributed by atoms with Gasteiger partial charge in [-0.3, -0.25) is 10.5 Å². The Labute approximate surface area is 218 Å². The first-order valence-corrected chi connectivity index (χ1v) is 13.0. The highest BCUT2D eigenvalue weighted by Gasteiger charge is 2.30. The molecule has 3 aromatic rings. The van der Waals surface area contributed by atoms with Crippen molar-refractivity contribution in [2.75, 3.05) is 16.0 Å². The molecule has 0 bridgehead atoms. The zero-order valence-electron chi connectivity index (χ0n) is 20.9. The number of guanidine groups is 1. The molecule has 2 saturated carbocycles. The van der Waals surface area contributed by atoms with Gasteiger partial charge < -0.3 is 21.3 Å². The zero-order valence-corrected chi connectivity index (χ0v) is 20.9. The number of hydrogen-bond acceptors (Lipinski definition) is 6. The third kappa shape index (κ3) is 6.73. The van der Waals surface area contributed by atoms with E-state index in [9.17, 15) is 13.2 Å². The predicted octanol–water partition coefficient (Wildman–Crippen LogP) is 5.98. The number of H-pyrrole nitrogens is 1. The fraction of sp³-hybridized carbons (Fsp3) is 0.462. The maximum atomic E-state index is 12.9. The van der Waals surface area contributed by atoms with E-state index in [4.69, 9.17) is 5.41 Å². The number of aromatic amines is 1. The number of halogens is 3. The minimum Gasteiger partial charge on any atom is -0.354 e. The van der Waals surface area contributed by atoms with E-state index in [1.165, 1.54) is 43.5 Å². The highest BCUT2D eigenvalue weighted by atomic mass is 19.4. The Morgan fingerprint density at radius 3 is 2.47 bits per heavy atom. The number of alkyl halides is 3. The summed E-state index contributed by atoms with van der Waals surface area (Å²) in [6.45, 7) is 0. The van der Waals surface area contributed by atoms with E-state index in [1.54, 1.807) is 12.3 Å². The number of benzene rings is 1. The molecule has 0 saturated heterocycles. The lowest BCUT2D eigenvalue weighted by atomic mass is 9.91. The molecule has 0 spiro atoms. The largest absolute Gasteiger partial charge is 0.416 e. The zero-order chi connectivity index (χ0) is 26.5. The lowest BCUT2D eigenvalue weighted by Gasteiger charge is -2.30. The molecule has 2 aliphatic rings. The van der Waals surface area contributed by atoms with E-state index in [1.807, 2.05) is 0 Å². The highest BCUT2D eigenvalue weighted by molar-refractivity contribution is 5.91. The van der Waals surface area contributed by atoms with Crippen LogP contribution in [-0.4, -0.2) is 38.2 Å². The Hall–Kier alpha value is -3.83. The van der Waals surface area contributed by atoms with Crippen molar-refractivity contribution in [2.45, 2.75) is 75.5 Å². The van der Waals surface area contributed by atoms with Gasteiger partial charge in [-0.2, -0.15) is 23.3 Å². The van der Waals surface area contributed by atoms with Crippen LogP contribution in [0.5, 0.6) is 0 Å². The fourth-order valence-corrected chi connectivity index (χ4v) is 5.20. The third-order valence-corrected chi connectivity index (χ3v) is 7.17. The summed E-state index contributed by atoms with van der Waals surface area (Å²) in [5.41, 5.74) is 0.644. The van der Waals surface area contributed by atoms with E-state index >= 15 is 0 Å². The first-order valence-electron chi connectivity index (χ1n) is 13.0. The average molecular weight is 528 g/mol. The molecule has 0 aliphatic heterocycles. The van der Waals surface area contributed by atoms with Crippen LogP contribution in [0.25, 0.3) is 0 Å². The van der Waals surface area contributed by atoms with Crippen molar-refractivity contribution in [3.63, 3.8) is 0 Å². The summed E-state index contributed by atoms with van der Waals surface area (Å²) in [6.07, 6.45) is 5.53. The molecule has 0 atom stereocenters. The van der Waals surface area contributed by atoms with Gasteiger partial charge in [-0.25, -0.2) is 4.98 Å². The van der Waals surface area contributed by atoms with Crippen LogP contribution in [0.1, 0.15) is 68.5 Å². The molecule has 38 heavy (non-hydrogen) atoms. The number of hydrogen-bond donors (Lipinski definition) is 6. The van der Waals surface area contributed by atoms with Gasteiger partial charge in [-0.05, 0) is 62.8 Å². The molecule has 0 unspecified atom stereocenters. The van der Waals surface area contributed by atoms with Crippen LogP contribution >= 0.6 is 0 Å². The van der Waals surface area contributed by atoms with Crippen molar-refractivity contribution in [3.8, 4) is 0 Å². The van der Waals surface area contributed by atoms with E-state index in [0.717, 1.165) is 43.6 Å². The molecule has 2 aliphatic carbocycles. The van der Waals surface area contributed by atoms with Gasteiger partial charge in [0.25, 0.3) is 0 Å². The Bertz CT molecular complexity index is 1230. The van der Waals surface area contributed by atoms with Crippen LogP contribution in [0.2, 0.25) is 0 Å². The molecule has 0 amide bonds. The SMILES string of the molecule is N=C(Nc1cccc(C(F)(F)F)c1)N[C@H]1CC[C@H](Nc2nccc(Nc3cc(C4CCCC4)[nH]n3)n2)CC1. The van der Waals surface area contributed by atoms with Crippen molar-refractivity contribution in [3.05, 3.63) is 53.9 Å². The second kappa shape index (κ2) is 11.3. The van der Waals surface area contributed by atoms with Crippen molar-refractivity contribution in [2.24, 2.45) is 0 Å². The Morgan fingerprint density at radius 2 is 1.71 bits per heavy atom. The topological polar surface area (TPSA) is 126 Å². The van der Waals surface area contributed by atoms with Gasteiger partial charge in [0.05, 0.1) is 5.56 Å². The van der Waals surface area contributed by atoms with Crippen LogP contribution in [0.4, 0.5) is 36.4 Å². The number of rotatable bonds is 7. The molecule has 2 fully saturated rings. The molecule has 1 aromatic carbocycles. The van der Waals surface area contributed by atoms with Crippen molar-refractivity contribution in [1.82, 2.24) is 25.5 Å². The van der Waals surface area contributed by atoms with Crippen LogP contribution in [-0.2, 0) is 6.18 Å². The normalized spacial score (nSPS) is 20.2. The van der Waals surface area contributed by atoms with E-state index in [0.29, 0.717) is 17.7 Å². The number of anilines is 4. The van der Waals surface area contributed by atoms with Gasteiger partial charge in [0, 0.05) is 41.6 Å². The van der Waals surface area contributed by atoms with E-state index < -0.39 is 11.7 Å². The summed E-state index contributed by atoms with van der Waals surface area (Å²) >= 11 is 0. The van der Waals surface area contributed by atoms with Gasteiger partial charge in [0.2, 0.25) is 5.95 Å². The molecular weight excluding hydrogens is 495 g/mol. The van der Waals surface area contributed by atoms with Crippen molar-refractivity contribution < 1.29 is 13.2 Å². The van der Waals surface area contributed by atoms with Gasteiger partial charge in [0.15, 0.2) is 11.8 Å². The van der Waals surface area contributed by atoms with Crippen LogP contribution in [0.15, 0.2) is 42.6 Å². The second-order valence-corrected chi connectivity index (χ2v) is 10.00. The Kier molecular flexibility index (Phi) is 7.66. The summed E-state index contributed by atoms with van der Waals surface area (Å²) in [5, 5.41) is 28.1. The minimum absolute atomic E-state index is 0.0164. The number of nitrogens with one attached hydrogen (secondary N) is 6. The summed E-state index contributed by atoms with van der Waals surface area (Å²) in [6, 6.07) is 8.95. The van der Waals surface area contributed by atoms with Gasteiger partial charge >= 0.3 is 6.18 Å². The molecule has 12 heteroatoms. The Balaban J connectivity index is 1.08. The first-order chi connectivity index (χ1) is 18.3. The molecule has 202 valence electrons. The lowest BCUT2D eigenvalue weighted by molar-refractivity contribution is -0.137. The average Bonchev–Trinajstić information content (AvgIpc) is 3.58. The molecule has 2 aromatic heterocycles. The molecular formula is C26H32F3N9. The smallest absolute Gasteiger partial charge is 0.354 e. The molecule has 9 nitrogen and oxygen atoms in total. The first kappa shape index (κ1) is 25.8. The second-order valence-electron chi connectivity index (χ2n) is 10.00. The van der Waals surface area contributed by atoms with Crippen LogP contribution in [0.3, 0.4) is 0 Å². The summed E-state index contributed by atoms with van der Waals surface area (Å²) in [7, 11) is 0. The van der Waals surface area contributed by atoms with Crippen LogP contribution in [0, 0.1) is 5.41 Å². The lowest BCUT2D eigenvalue weighted by Crippen LogP contribution is -2.42. The molecule has 5 rings (SSSR count). The molecule has 0 radical (unpaired) electrons. The minimum atomic E-state index is -4.42. The fourth-order valence-electron chi connectivity index (χ4n) is 5.20. The summed E-state index contributed by atoms with van der Waals surface area (Å²) in [4.78, 5) is 8.93. The molecule has 6 N–H and O–H groups in total. The maximum absolute atomic E-state index is 12.9. The third-order valence-electron chi connectivity index (χ3n) is 7.17. The van der Waals surface area contributed by atoms with Gasteiger partial charge in [0.1, 0.15) is 5.82 Å². The Morgan fingerprint density at radius 1 is 0.947 bits per heavy atom. The monoisotopic (exact) mass is 527 g/mol. The predicted molar refractivity (Wildman–Crippen MR) is 141 cm³/mol. The highest BCUT2D eigenvalue weighted by Crippen LogP contribution is 2.34. The number of aromatic nitrogens is 4. The van der Waals surface area contributed by atoms with Gasteiger partial charge in [-0.1, -0.05) is 18.9 Å². The van der Waals surface area contributed by atoms with E-state index in [-0.39, 0.29) is 23.7 Å². The quantitative estimate of drug-likeness (QED) is 0.165. The van der Waals surface area contributed by atoms with Crippen molar-refractivity contribution >= 4 is 29.2 Å². The summed E-state index contributed by atoms with van der Waals surface area (Å²) in [5.74, 6) is 2.49. The standard InChI is InChI=1S/C26H32F3N9/c27-26(28,29)17-6-3-7-20(14-17)33-24(30)32-18-8-10-19(11-9-18)34-25-31-13-12-22(36-25)35-23-15-21(37-38-23)16-4-1-2-5-16/h3,6-7,12-16,18-19H,1-2,4-5,8-11H2,(H3,30,32,33)(H3,31,34,35,36,37,38)/t18-,19-. The number of nitrogens with zero attached hydrogens (tertiary/aromatic N) is 3. The van der Waals surface area contributed by atoms with Crippen LogP contribution < -0.4 is 21.3 Å². The maximum Gasteiger partial charge on any atom is 0.416 e. The molecule has 2 heterocycles.